The molecule has 0 aliphatic heterocycles. The van der Waals surface area contributed by atoms with Crippen molar-refractivity contribution in [1.29, 1.82) is 0 Å². The van der Waals surface area contributed by atoms with E-state index in [9.17, 15) is 0 Å². The SMILES string of the molecule is COC(C)=C1c2ccccc2-c2ccccc21. The summed E-state index contributed by atoms with van der Waals surface area (Å²) in [7, 11) is 1.73. The van der Waals surface area contributed by atoms with Gasteiger partial charge in [0.1, 0.15) is 5.76 Å². The van der Waals surface area contributed by atoms with E-state index in [4.69, 9.17) is 4.74 Å². The van der Waals surface area contributed by atoms with Crippen LogP contribution < -0.4 is 0 Å². The molecule has 1 heteroatoms. The van der Waals surface area contributed by atoms with E-state index in [0.29, 0.717) is 0 Å². The molecule has 1 nitrogen and oxygen atoms in total. The van der Waals surface area contributed by atoms with Gasteiger partial charge >= 0.3 is 0 Å². The minimum atomic E-state index is 0.974. The summed E-state index contributed by atoms with van der Waals surface area (Å²) in [6.45, 7) is 2.02. The first-order valence-corrected chi connectivity index (χ1v) is 5.77. The molecule has 0 N–H and O–H groups in total. The fraction of sp³-hybridized carbons (Fsp3) is 0.125. The van der Waals surface area contributed by atoms with Crippen molar-refractivity contribution >= 4 is 5.57 Å². The van der Waals surface area contributed by atoms with E-state index in [1.807, 2.05) is 6.92 Å². The monoisotopic (exact) mass is 222 g/mol. The van der Waals surface area contributed by atoms with Gasteiger partial charge in [0.25, 0.3) is 0 Å². The lowest BCUT2D eigenvalue weighted by Gasteiger charge is -2.07. The summed E-state index contributed by atoms with van der Waals surface area (Å²) in [5.41, 5.74) is 6.36. The Morgan fingerprint density at radius 3 is 1.59 bits per heavy atom. The number of ether oxygens (including phenoxy) is 1. The van der Waals surface area contributed by atoms with Crippen LogP contribution in [0.25, 0.3) is 16.7 Å². The van der Waals surface area contributed by atoms with Crippen molar-refractivity contribution in [3.63, 3.8) is 0 Å². The Balaban J connectivity index is 2.39. The molecular formula is C16H14O. The number of methoxy groups -OCH3 is 1. The lowest BCUT2D eigenvalue weighted by atomic mass is 10.0. The normalized spacial score (nSPS) is 12.0. The second kappa shape index (κ2) is 3.77. The van der Waals surface area contributed by atoms with Gasteiger partial charge in [0.05, 0.1) is 7.11 Å². The maximum atomic E-state index is 5.43. The summed E-state index contributed by atoms with van der Waals surface area (Å²) in [4.78, 5) is 0. The molecule has 0 aromatic heterocycles. The molecule has 0 atom stereocenters. The van der Waals surface area contributed by atoms with Crippen molar-refractivity contribution in [2.75, 3.05) is 7.11 Å². The Morgan fingerprint density at radius 2 is 1.18 bits per heavy atom. The predicted octanol–water partition coefficient (Wildman–Crippen LogP) is 4.09. The highest BCUT2D eigenvalue weighted by molar-refractivity contribution is 6.01. The lowest BCUT2D eigenvalue weighted by Crippen LogP contribution is -1.89. The fourth-order valence-corrected chi connectivity index (χ4v) is 2.50. The Labute approximate surface area is 101 Å². The van der Waals surface area contributed by atoms with Gasteiger partial charge in [-0.1, -0.05) is 48.5 Å². The van der Waals surface area contributed by atoms with Gasteiger partial charge in [-0.25, -0.2) is 0 Å². The molecule has 0 bridgehead atoms. The minimum absolute atomic E-state index is 0.974. The molecule has 0 saturated heterocycles. The van der Waals surface area contributed by atoms with E-state index >= 15 is 0 Å². The largest absolute Gasteiger partial charge is 0.501 e. The van der Waals surface area contributed by atoms with E-state index < -0.39 is 0 Å². The van der Waals surface area contributed by atoms with Gasteiger partial charge in [0.2, 0.25) is 0 Å². The molecule has 2 aromatic rings. The first-order valence-electron chi connectivity index (χ1n) is 5.77. The fourth-order valence-electron chi connectivity index (χ4n) is 2.50. The average Bonchev–Trinajstić information content (AvgIpc) is 2.72. The van der Waals surface area contributed by atoms with Gasteiger partial charge in [0.15, 0.2) is 0 Å². The number of hydrogen-bond donors (Lipinski definition) is 0. The van der Waals surface area contributed by atoms with E-state index in [1.165, 1.54) is 27.8 Å². The summed E-state index contributed by atoms with van der Waals surface area (Å²) in [6, 6.07) is 17.0. The zero-order valence-corrected chi connectivity index (χ0v) is 10.0. The highest BCUT2D eigenvalue weighted by atomic mass is 16.5. The van der Waals surface area contributed by atoms with Crippen molar-refractivity contribution in [2.24, 2.45) is 0 Å². The van der Waals surface area contributed by atoms with Gasteiger partial charge in [-0.15, -0.1) is 0 Å². The van der Waals surface area contributed by atoms with Crippen molar-refractivity contribution in [1.82, 2.24) is 0 Å². The summed E-state index contributed by atoms with van der Waals surface area (Å²) in [5, 5.41) is 0. The third-order valence-corrected chi connectivity index (χ3v) is 3.34. The van der Waals surface area contributed by atoms with Crippen LogP contribution in [-0.4, -0.2) is 7.11 Å². The van der Waals surface area contributed by atoms with E-state index in [1.54, 1.807) is 7.11 Å². The quantitative estimate of drug-likeness (QED) is 0.563. The molecule has 0 saturated carbocycles. The molecule has 0 unspecified atom stereocenters. The van der Waals surface area contributed by atoms with E-state index in [-0.39, 0.29) is 0 Å². The van der Waals surface area contributed by atoms with Crippen molar-refractivity contribution in [3.8, 4) is 11.1 Å². The third-order valence-electron chi connectivity index (χ3n) is 3.34. The van der Waals surface area contributed by atoms with Crippen molar-refractivity contribution in [2.45, 2.75) is 6.92 Å². The van der Waals surface area contributed by atoms with Crippen LogP contribution in [0.1, 0.15) is 18.1 Å². The van der Waals surface area contributed by atoms with Gasteiger partial charge < -0.3 is 4.74 Å². The molecule has 0 spiro atoms. The number of allylic oxidation sites excluding steroid dienone is 1. The predicted molar refractivity (Wildman–Crippen MR) is 70.6 cm³/mol. The summed E-state index contributed by atoms with van der Waals surface area (Å²) < 4.78 is 5.43. The van der Waals surface area contributed by atoms with Crippen LogP contribution in [0.4, 0.5) is 0 Å². The Morgan fingerprint density at radius 1 is 0.765 bits per heavy atom. The van der Waals surface area contributed by atoms with E-state index in [2.05, 4.69) is 48.5 Å². The minimum Gasteiger partial charge on any atom is -0.501 e. The van der Waals surface area contributed by atoms with Gasteiger partial charge in [-0.2, -0.15) is 0 Å². The zero-order chi connectivity index (χ0) is 11.8. The first kappa shape index (κ1) is 10.2. The maximum absolute atomic E-state index is 5.43. The molecule has 0 fully saturated rings. The molecule has 1 aliphatic carbocycles. The smallest absolute Gasteiger partial charge is 0.101 e. The molecule has 1 aliphatic rings. The summed E-state index contributed by atoms with van der Waals surface area (Å²) in [6.07, 6.45) is 0. The first-order chi connectivity index (χ1) is 8.33. The standard InChI is InChI=1S/C16H14O/c1-11(17-2)16-14-9-5-3-7-12(14)13-8-4-6-10-15(13)16/h3-10H,1-2H3. The number of hydrogen-bond acceptors (Lipinski definition) is 1. The Kier molecular flexibility index (Phi) is 2.25. The average molecular weight is 222 g/mol. The second-order valence-electron chi connectivity index (χ2n) is 4.23. The highest BCUT2D eigenvalue weighted by Crippen LogP contribution is 2.45. The second-order valence-corrected chi connectivity index (χ2v) is 4.23. The zero-order valence-electron chi connectivity index (χ0n) is 10.0. The maximum Gasteiger partial charge on any atom is 0.101 e. The third kappa shape index (κ3) is 1.39. The molecule has 17 heavy (non-hydrogen) atoms. The summed E-state index contributed by atoms with van der Waals surface area (Å²) >= 11 is 0. The molecule has 2 aromatic carbocycles. The number of benzene rings is 2. The molecule has 3 rings (SSSR count). The molecular weight excluding hydrogens is 208 g/mol. The van der Waals surface area contributed by atoms with Crippen LogP contribution in [0, 0.1) is 0 Å². The molecule has 0 heterocycles. The topological polar surface area (TPSA) is 9.23 Å². The van der Waals surface area contributed by atoms with Gasteiger partial charge in [0, 0.05) is 5.57 Å². The number of fused-ring (bicyclic) bond motifs is 3. The van der Waals surface area contributed by atoms with Crippen LogP contribution in [0.15, 0.2) is 54.3 Å². The summed E-state index contributed by atoms with van der Waals surface area (Å²) in [5.74, 6) is 0.974. The Hall–Kier alpha value is -2.02. The van der Waals surface area contributed by atoms with E-state index in [0.717, 1.165) is 5.76 Å². The van der Waals surface area contributed by atoms with Crippen LogP contribution in [0.5, 0.6) is 0 Å². The van der Waals surface area contributed by atoms with Gasteiger partial charge in [-0.05, 0) is 29.2 Å². The van der Waals surface area contributed by atoms with Gasteiger partial charge in [-0.3, -0.25) is 0 Å². The van der Waals surface area contributed by atoms with Crippen molar-refractivity contribution in [3.05, 3.63) is 65.4 Å². The van der Waals surface area contributed by atoms with Crippen LogP contribution in [0.3, 0.4) is 0 Å². The Bertz CT molecular complexity index is 561. The van der Waals surface area contributed by atoms with Crippen LogP contribution >= 0.6 is 0 Å². The highest BCUT2D eigenvalue weighted by Gasteiger charge is 2.24. The van der Waals surface area contributed by atoms with Crippen LogP contribution in [-0.2, 0) is 4.74 Å². The van der Waals surface area contributed by atoms with Crippen LogP contribution in [0.2, 0.25) is 0 Å². The molecule has 0 radical (unpaired) electrons. The molecule has 0 amide bonds. The number of rotatable bonds is 1. The van der Waals surface area contributed by atoms with Crippen molar-refractivity contribution < 1.29 is 4.74 Å². The lowest BCUT2D eigenvalue weighted by molar-refractivity contribution is 0.296. The molecule has 84 valence electrons.